The van der Waals surface area contributed by atoms with Crippen molar-refractivity contribution in [2.75, 3.05) is 11.9 Å². The Hall–Kier alpha value is -2.18. The zero-order valence-electron chi connectivity index (χ0n) is 11.8. The van der Waals surface area contributed by atoms with E-state index in [0.29, 0.717) is 11.7 Å². The van der Waals surface area contributed by atoms with Crippen LogP contribution in [0.4, 0.5) is 10.3 Å². The van der Waals surface area contributed by atoms with Crippen molar-refractivity contribution in [3.05, 3.63) is 24.4 Å². The van der Waals surface area contributed by atoms with Gasteiger partial charge in [-0.15, -0.1) is 0 Å². The number of hydrogen-bond acceptors (Lipinski definition) is 5. The van der Waals surface area contributed by atoms with E-state index < -0.39 is 5.82 Å². The van der Waals surface area contributed by atoms with E-state index >= 15 is 0 Å². The van der Waals surface area contributed by atoms with Crippen LogP contribution in [-0.2, 0) is 0 Å². The molecule has 7 heteroatoms. The predicted octanol–water partition coefficient (Wildman–Crippen LogP) is 3.01. The van der Waals surface area contributed by atoms with Gasteiger partial charge in [-0.1, -0.05) is 6.92 Å². The standard InChI is InChI=1S/C13H18FN5O/c1-4-5-15-13-16-7-11(14)12(18-13)20-10-6-17-19(8-10)9(2)3/h6-9H,4-5H2,1-3H3,(H,15,16,18). The van der Waals surface area contributed by atoms with E-state index in [2.05, 4.69) is 20.4 Å². The van der Waals surface area contributed by atoms with Crippen molar-refractivity contribution in [1.82, 2.24) is 19.7 Å². The summed E-state index contributed by atoms with van der Waals surface area (Å²) < 4.78 is 20.8. The lowest BCUT2D eigenvalue weighted by Crippen LogP contribution is -2.05. The highest BCUT2D eigenvalue weighted by Crippen LogP contribution is 2.23. The van der Waals surface area contributed by atoms with Gasteiger partial charge in [-0.2, -0.15) is 14.5 Å². The van der Waals surface area contributed by atoms with E-state index in [1.807, 2.05) is 20.8 Å². The molecule has 2 aromatic rings. The zero-order valence-corrected chi connectivity index (χ0v) is 11.8. The topological polar surface area (TPSA) is 64.9 Å². The summed E-state index contributed by atoms with van der Waals surface area (Å²) in [5.74, 6) is 0.0727. The molecule has 0 atom stereocenters. The molecule has 1 N–H and O–H groups in total. The lowest BCUT2D eigenvalue weighted by atomic mass is 10.4. The molecule has 0 unspecified atom stereocenters. The molecule has 0 aliphatic carbocycles. The maximum absolute atomic E-state index is 13.6. The Kier molecular flexibility index (Phi) is 4.49. The number of halogens is 1. The van der Waals surface area contributed by atoms with Crippen LogP contribution in [0.3, 0.4) is 0 Å². The quantitative estimate of drug-likeness (QED) is 0.880. The van der Waals surface area contributed by atoms with Crippen LogP contribution < -0.4 is 10.1 Å². The fourth-order valence-electron chi connectivity index (χ4n) is 1.51. The molecule has 2 rings (SSSR count). The molecule has 0 aliphatic heterocycles. The molecule has 2 heterocycles. The molecular weight excluding hydrogens is 261 g/mol. The fraction of sp³-hybridized carbons (Fsp3) is 0.462. The minimum atomic E-state index is -0.607. The molecule has 0 radical (unpaired) electrons. The number of nitrogens with one attached hydrogen (secondary N) is 1. The van der Waals surface area contributed by atoms with Gasteiger partial charge < -0.3 is 10.1 Å². The minimum absolute atomic E-state index is 0.109. The van der Waals surface area contributed by atoms with Crippen LogP contribution in [-0.4, -0.2) is 26.3 Å². The van der Waals surface area contributed by atoms with E-state index in [1.165, 1.54) is 6.20 Å². The van der Waals surface area contributed by atoms with Gasteiger partial charge in [0.25, 0.3) is 5.88 Å². The largest absolute Gasteiger partial charge is 0.433 e. The molecule has 0 saturated heterocycles. The molecular formula is C13H18FN5O. The van der Waals surface area contributed by atoms with Crippen LogP contribution in [0, 0.1) is 5.82 Å². The molecule has 6 nitrogen and oxygen atoms in total. The van der Waals surface area contributed by atoms with Crippen molar-refractivity contribution in [1.29, 1.82) is 0 Å². The van der Waals surface area contributed by atoms with Crippen LogP contribution in [0.2, 0.25) is 0 Å². The molecule has 0 spiro atoms. The van der Waals surface area contributed by atoms with E-state index in [-0.39, 0.29) is 11.9 Å². The molecule has 2 aromatic heterocycles. The molecule has 20 heavy (non-hydrogen) atoms. The van der Waals surface area contributed by atoms with Gasteiger partial charge in [-0.05, 0) is 20.3 Å². The highest BCUT2D eigenvalue weighted by atomic mass is 19.1. The van der Waals surface area contributed by atoms with Crippen LogP contribution in [0.5, 0.6) is 11.6 Å². The second-order valence-corrected chi connectivity index (χ2v) is 4.63. The average molecular weight is 279 g/mol. The summed E-state index contributed by atoms with van der Waals surface area (Å²) in [4.78, 5) is 7.86. The van der Waals surface area contributed by atoms with Crippen LogP contribution in [0.25, 0.3) is 0 Å². The fourth-order valence-corrected chi connectivity index (χ4v) is 1.51. The molecule has 0 bridgehead atoms. The third-order valence-electron chi connectivity index (χ3n) is 2.57. The number of aromatic nitrogens is 4. The first kappa shape index (κ1) is 14.2. The van der Waals surface area contributed by atoms with E-state index in [0.717, 1.165) is 19.2 Å². The molecule has 0 saturated carbocycles. The van der Waals surface area contributed by atoms with Gasteiger partial charge in [0.05, 0.1) is 18.6 Å². The van der Waals surface area contributed by atoms with Crippen LogP contribution >= 0.6 is 0 Å². The monoisotopic (exact) mass is 279 g/mol. The van der Waals surface area contributed by atoms with Gasteiger partial charge in [-0.3, -0.25) is 4.68 Å². The van der Waals surface area contributed by atoms with Crippen molar-refractivity contribution in [3.8, 4) is 11.6 Å². The van der Waals surface area contributed by atoms with Crippen molar-refractivity contribution in [3.63, 3.8) is 0 Å². The average Bonchev–Trinajstić information content (AvgIpc) is 2.88. The molecule has 108 valence electrons. The summed E-state index contributed by atoms with van der Waals surface area (Å²) in [5.41, 5.74) is 0. The normalized spacial score (nSPS) is 10.8. The number of ether oxygens (including phenoxy) is 1. The molecule has 0 aliphatic rings. The Labute approximate surface area is 117 Å². The van der Waals surface area contributed by atoms with Gasteiger partial charge in [0.2, 0.25) is 11.8 Å². The minimum Gasteiger partial charge on any atom is -0.433 e. The van der Waals surface area contributed by atoms with Crippen LogP contribution in [0.15, 0.2) is 18.6 Å². The Morgan fingerprint density at radius 1 is 1.40 bits per heavy atom. The van der Waals surface area contributed by atoms with E-state index in [9.17, 15) is 4.39 Å². The Bertz CT molecular complexity index is 570. The highest BCUT2D eigenvalue weighted by Gasteiger charge is 2.11. The van der Waals surface area contributed by atoms with Crippen molar-refractivity contribution in [2.45, 2.75) is 33.2 Å². The maximum Gasteiger partial charge on any atom is 0.260 e. The number of rotatable bonds is 6. The van der Waals surface area contributed by atoms with Crippen LogP contribution in [0.1, 0.15) is 33.2 Å². The SMILES string of the molecule is CCCNc1ncc(F)c(Oc2cnn(C(C)C)c2)n1. The van der Waals surface area contributed by atoms with Crippen molar-refractivity contribution < 1.29 is 9.13 Å². The van der Waals surface area contributed by atoms with Crippen molar-refractivity contribution >= 4 is 5.95 Å². The van der Waals surface area contributed by atoms with Gasteiger partial charge in [0.15, 0.2) is 5.75 Å². The second kappa shape index (κ2) is 6.31. The lowest BCUT2D eigenvalue weighted by molar-refractivity contribution is 0.419. The summed E-state index contributed by atoms with van der Waals surface area (Å²) in [5, 5.41) is 7.11. The number of nitrogens with zero attached hydrogens (tertiary/aromatic N) is 4. The first-order valence-electron chi connectivity index (χ1n) is 6.58. The predicted molar refractivity (Wildman–Crippen MR) is 73.5 cm³/mol. The lowest BCUT2D eigenvalue weighted by Gasteiger charge is -2.07. The van der Waals surface area contributed by atoms with E-state index in [1.54, 1.807) is 10.9 Å². The molecule has 0 aromatic carbocycles. The second-order valence-electron chi connectivity index (χ2n) is 4.63. The van der Waals surface area contributed by atoms with Gasteiger partial charge >= 0.3 is 0 Å². The van der Waals surface area contributed by atoms with Crippen molar-refractivity contribution in [2.24, 2.45) is 0 Å². The highest BCUT2D eigenvalue weighted by molar-refractivity contribution is 5.30. The number of hydrogen-bond donors (Lipinski definition) is 1. The van der Waals surface area contributed by atoms with E-state index in [4.69, 9.17) is 4.74 Å². The summed E-state index contributed by atoms with van der Waals surface area (Å²) in [6.07, 6.45) is 5.25. The summed E-state index contributed by atoms with van der Waals surface area (Å²) in [7, 11) is 0. The van der Waals surface area contributed by atoms with Gasteiger partial charge in [-0.25, -0.2) is 4.98 Å². The summed E-state index contributed by atoms with van der Waals surface area (Å²) in [6.45, 7) is 6.73. The smallest absolute Gasteiger partial charge is 0.260 e. The maximum atomic E-state index is 13.6. The third kappa shape index (κ3) is 3.43. The summed E-state index contributed by atoms with van der Waals surface area (Å²) >= 11 is 0. The third-order valence-corrected chi connectivity index (χ3v) is 2.57. The Balaban J connectivity index is 2.14. The first-order valence-corrected chi connectivity index (χ1v) is 6.58. The first-order chi connectivity index (χ1) is 9.60. The zero-order chi connectivity index (χ0) is 14.5. The Morgan fingerprint density at radius 3 is 2.85 bits per heavy atom. The molecule has 0 amide bonds. The number of anilines is 1. The van der Waals surface area contributed by atoms with Gasteiger partial charge in [0.1, 0.15) is 0 Å². The van der Waals surface area contributed by atoms with Gasteiger partial charge in [0, 0.05) is 12.6 Å². The Morgan fingerprint density at radius 2 is 2.20 bits per heavy atom. The summed E-state index contributed by atoms with van der Waals surface area (Å²) in [6, 6.07) is 0.212. The molecule has 0 fully saturated rings.